The van der Waals surface area contributed by atoms with Crippen LogP contribution in [0.25, 0.3) is 0 Å². The van der Waals surface area contributed by atoms with E-state index in [0.717, 1.165) is 12.8 Å². The van der Waals surface area contributed by atoms with E-state index in [1.54, 1.807) is 0 Å². The number of hydrogen-bond acceptors (Lipinski definition) is 6. The van der Waals surface area contributed by atoms with Crippen LogP contribution in [-0.2, 0) is 23.2 Å². The van der Waals surface area contributed by atoms with Crippen molar-refractivity contribution in [1.29, 1.82) is 0 Å². The fourth-order valence-corrected chi connectivity index (χ4v) is 3.30. The molecule has 20 heavy (non-hydrogen) atoms. The van der Waals surface area contributed by atoms with Gasteiger partial charge in [0.1, 0.15) is 6.61 Å². The van der Waals surface area contributed by atoms with Crippen molar-refractivity contribution in [3.63, 3.8) is 0 Å². The van der Waals surface area contributed by atoms with Gasteiger partial charge in [-0.15, -0.1) is 0 Å². The Morgan fingerprint density at radius 3 is 2.75 bits per heavy atom. The van der Waals surface area contributed by atoms with E-state index < -0.39 is 10.2 Å². The van der Waals surface area contributed by atoms with Gasteiger partial charge >= 0.3 is 0 Å². The van der Waals surface area contributed by atoms with Crippen LogP contribution in [0.5, 0.6) is 0 Å². The molecule has 0 atom stereocenters. The molecule has 1 aromatic rings. The Morgan fingerprint density at radius 2 is 2.15 bits per heavy atom. The summed E-state index contributed by atoms with van der Waals surface area (Å²) in [6.45, 7) is 3.15. The summed E-state index contributed by atoms with van der Waals surface area (Å²) in [6.07, 6.45) is 2.12. The molecule has 1 aromatic heterocycles. The maximum absolute atomic E-state index is 12.1. The van der Waals surface area contributed by atoms with Gasteiger partial charge in [-0.05, 0) is 18.8 Å². The molecule has 0 saturated carbocycles. The summed E-state index contributed by atoms with van der Waals surface area (Å²) in [6, 6.07) is 0. The Hall–Kier alpha value is -1.03. The number of aromatic nitrogens is 2. The molecule has 1 fully saturated rings. The smallest absolute Gasteiger partial charge is 0.279 e. The zero-order valence-corrected chi connectivity index (χ0v) is 12.3. The molecule has 114 valence electrons. The van der Waals surface area contributed by atoms with Gasteiger partial charge in [0, 0.05) is 26.1 Å². The molecular weight excluding hydrogens is 284 g/mol. The van der Waals surface area contributed by atoms with Crippen molar-refractivity contribution in [1.82, 2.24) is 19.2 Å². The first-order valence-electron chi connectivity index (χ1n) is 6.68. The highest BCUT2D eigenvalue weighted by Gasteiger charge is 2.25. The molecular formula is C11H20N4O4S. The molecule has 1 aliphatic heterocycles. The van der Waals surface area contributed by atoms with Gasteiger partial charge in [-0.3, -0.25) is 0 Å². The molecule has 0 bridgehead atoms. The van der Waals surface area contributed by atoms with Gasteiger partial charge in [0.15, 0.2) is 5.82 Å². The van der Waals surface area contributed by atoms with E-state index >= 15 is 0 Å². The minimum atomic E-state index is -3.43. The molecule has 2 rings (SSSR count). The number of nitrogens with zero attached hydrogens (tertiary/aromatic N) is 3. The van der Waals surface area contributed by atoms with Crippen LogP contribution in [-0.4, -0.2) is 47.6 Å². The number of aliphatic hydroxyl groups is 1. The van der Waals surface area contributed by atoms with Crippen molar-refractivity contribution >= 4 is 10.2 Å². The van der Waals surface area contributed by atoms with Crippen LogP contribution < -0.4 is 4.72 Å². The average molecular weight is 304 g/mol. The van der Waals surface area contributed by atoms with Crippen molar-refractivity contribution in [3.05, 3.63) is 11.7 Å². The molecule has 9 heteroatoms. The monoisotopic (exact) mass is 304 g/mol. The summed E-state index contributed by atoms with van der Waals surface area (Å²) >= 11 is 0. The van der Waals surface area contributed by atoms with Crippen molar-refractivity contribution in [2.45, 2.75) is 32.8 Å². The Labute approximate surface area is 118 Å². The second kappa shape index (κ2) is 6.61. The summed E-state index contributed by atoms with van der Waals surface area (Å²) < 4.78 is 32.8. The number of aliphatic hydroxyl groups excluding tert-OH is 1. The van der Waals surface area contributed by atoms with Gasteiger partial charge in [0.05, 0.1) is 0 Å². The topological polar surface area (TPSA) is 109 Å². The van der Waals surface area contributed by atoms with E-state index in [1.165, 1.54) is 4.31 Å². The van der Waals surface area contributed by atoms with Crippen molar-refractivity contribution < 1.29 is 18.0 Å². The molecule has 0 amide bonds. The van der Waals surface area contributed by atoms with E-state index in [-0.39, 0.29) is 19.0 Å². The maximum atomic E-state index is 12.1. The van der Waals surface area contributed by atoms with Crippen molar-refractivity contribution in [3.8, 4) is 0 Å². The molecule has 1 aliphatic rings. The lowest BCUT2D eigenvalue weighted by atomic mass is 10.0. The molecule has 0 radical (unpaired) electrons. The third-order valence-electron chi connectivity index (χ3n) is 3.36. The van der Waals surface area contributed by atoms with E-state index in [2.05, 4.69) is 21.8 Å². The quantitative estimate of drug-likeness (QED) is 0.745. The van der Waals surface area contributed by atoms with E-state index in [4.69, 9.17) is 9.63 Å². The first-order valence-corrected chi connectivity index (χ1v) is 8.12. The highest BCUT2D eigenvalue weighted by atomic mass is 32.2. The Bertz CT molecular complexity index is 522. The Kier molecular flexibility index (Phi) is 5.08. The zero-order valence-electron chi connectivity index (χ0n) is 11.4. The van der Waals surface area contributed by atoms with Crippen LogP contribution in [0.2, 0.25) is 0 Å². The number of rotatable bonds is 6. The van der Waals surface area contributed by atoms with Crippen LogP contribution in [0.3, 0.4) is 0 Å². The molecule has 0 spiro atoms. The Morgan fingerprint density at radius 1 is 1.45 bits per heavy atom. The van der Waals surface area contributed by atoms with Crippen LogP contribution in [0.1, 0.15) is 31.5 Å². The SMILES string of the molecule is CC1CCN(S(=O)(=O)NCCc2noc(CO)n2)CC1. The molecule has 0 unspecified atom stereocenters. The van der Waals surface area contributed by atoms with Gasteiger partial charge in [0.2, 0.25) is 0 Å². The second-order valence-corrected chi connectivity index (χ2v) is 6.75. The van der Waals surface area contributed by atoms with E-state index in [1.807, 2.05) is 0 Å². The van der Waals surface area contributed by atoms with Gasteiger partial charge in [-0.1, -0.05) is 12.1 Å². The predicted octanol–water partition coefficient (Wildman–Crippen LogP) is -0.329. The van der Waals surface area contributed by atoms with Gasteiger partial charge < -0.3 is 9.63 Å². The number of piperidine rings is 1. The van der Waals surface area contributed by atoms with E-state index in [0.29, 0.717) is 31.3 Å². The second-order valence-electron chi connectivity index (χ2n) is 4.99. The number of hydrogen-bond donors (Lipinski definition) is 2. The summed E-state index contributed by atoms with van der Waals surface area (Å²) in [5, 5.41) is 12.4. The minimum absolute atomic E-state index is 0.132. The highest BCUT2D eigenvalue weighted by molar-refractivity contribution is 7.87. The number of nitrogens with one attached hydrogen (secondary N) is 1. The van der Waals surface area contributed by atoms with Crippen molar-refractivity contribution in [2.24, 2.45) is 5.92 Å². The third-order valence-corrected chi connectivity index (χ3v) is 4.97. The largest absolute Gasteiger partial charge is 0.387 e. The van der Waals surface area contributed by atoms with Crippen LogP contribution in [0.15, 0.2) is 4.52 Å². The molecule has 2 N–H and O–H groups in total. The first kappa shape index (κ1) is 15.4. The summed E-state index contributed by atoms with van der Waals surface area (Å²) in [4.78, 5) is 3.89. The van der Waals surface area contributed by atoms with Crippen molar-refractivity contribution in [2.75, 3.05) is 19.6 Å². The minimum Gasteiger partial charge on any atom is -0.387 e. The van der Waals surface area contributed by atoms with Gasteiger partial charge in [0.25, 0.3) is 16.1 Å². The van der Waals surface area contributed by atoms with E-state index in [9.17, 15) is 8.42 Å². The molecule has 1 saturated heterocycles. The first-order chi connectivity index (χ1) is 9.51. The van der Waals surface area contributed by atoms with Gasteiger partial charge in [-0.25, -0.2) is 4.72 Å². The highest BCUT2D eigenvalue weighted by Crippen LogP contribution is 2.17. The molecule has 2 heterocycles. The fourth-order valence-electron chi connectivity index (χ4n) is 2.06. The van der Waals surface area contributed by atoms with Crippen LogP contribution in [0, 0.1) is 5.92 Å². The normalized spacial score (nSPS) is 18.5. The fraction of sp³-hybridized carbons (Fsp3) is 0.818. The summed E-state index contributed by atoms with van der Waals surface area (Å²) in [7, 11) is -3.43. The maximum Gasteiger partial charge on any atom is 0.279 e. The van der Waals surface area contributed by atoms with Crippen LogP contribution in [0.4, 0.5) is 0 Å². The lowest BCUT2D eigenvalue weighted by molar-refractivity contribution is 0.222. The summed E-state index contributed by atoms with van der Waals surface area (Å²) in [5.41, 5.74) is 0. The average Bonchev–Trinajstić information content (AvgIpc) is 2.87. The predicted molar refractivity (Wildman–Crippen MR) is 70.8 cm³/mol. The zero-order chi connectivity index (χ0) is 14.6. The Balaban J connectivity index is 1.80. The molecule has 8 nitrogen and oxygen atoms in total. The molecule has 0 aromatic carbocycles. The summed E-state index contributed by atoms with van der Waals surface area (Å²) in [5.74, 6) is 1.09. The standard InChI is InChI=1S/C11H20N4O4S/c1-9-3-6-15(7-4-9)20(17,18)12-5-2-10-13-11(8-16)19-14-10/h9,12,16H,2-8H2,1H3. The third kappa shape index (κ3) is 3.98. The lowest BCUT2D eigenvalue weighted by Crippen LogP contribution is -2.45. The lowest BCUT2D eigenvalue weighted by Gasteiger charge is -2.29. The van der Waals surface area contributed by atoms with Crippen LogP contribution >= 0.6 is 0 Å². The molecule has 0 aliphatic carbocycles. The van der Waals surface area contributed by atoms with Gasteiger partial charge in [-0.2, -0.15) is 17.7 Å².